The van der Waals surface area contributed by atoms with E-state index in [0.717, 1.165) is 24.3 Å². The third-order valence-corrected chi connectivity index (χ3v) is 5.60. The van der Waals surface area contributed by atoms with Crippen LogP contribution in [0.5, 0.6) is 34.5 Å². The van der Waals surface area contributed by atoms with Crippen LogP contribution in [0.25, 0.3) is 0 Å². The zero-order valence-corrected chi connectivity index (χ0v) is 17.2. The first-order valence-electron chi connectivity index (χ1n) is 10.0. The molecule has 1 saturated heterocycles. The molecule has 2 aromatic rings. The van der Waals surface area contributed by atoms with Gasteiger partial charge in [0.25, 0.3) is 0 Å². The second-order valence-corrected chi connectivity index (χ2v) is 7.89. The molecule has 13 nitrogen and oxygen atoms in total. The molecule has 1 fully saturated rings. The lowest BCUT2D eigenvalue weighted by Crippen LogP contribution is -2.60. The molecule has 34 heavy (non-hydrogen) atoms. The average Bonchev–Trinajstić information content (AvgIpc) is 2.77. The number of aromatic hydroxyl groups is 4. The third-order valence-electron chi connectivity index (χ3n) is 5.60. The average molecular weight is 482 g/mol. The number of phenols is 4. The third kappa shape index (κ3) is 3.94. The van der Waals surface area contributed by atoms with Crippen molar-refractivity contribution in [3.05, 3.63) is 35.4 Å². The first kappa shape index (κ1) is 23.8. The number of ether oxygens (including phenoxy) is 3. The number of rotatable bonds is 4. The van der Waals surface area contributed by atoms with Gasteiger partial charge in [-0.2, -0.15) is 0 Å². The Hall–Kier alpha value is -3.33. The number of phenolic OH excluding ortho intramolecular Hbond substituents is 4. The maximum absolute atomic E-state index is 12.6. The number of carbonyl (C=O) groups is 1. The summed E-state index contributed by atoms with van der Waals surface area (Å²) in [7, 11) is 0. The van der Waals surface area contributed by atoms with E-state index < -0.39 is 84.1 Å². The molecule has 7 atom stereocenters. The molecular formula is C21H22O13. The van der Waals surface area contributed by atoms with Crippen LogP contribution in [0.15, 0.2) is 24.3 Å². The summed E-state index contributed by atoms with van der Waals surface area (Å²) < 4.78 is 16.0. The van der Waals surface area contributed by atoms with E-state index in [1.807, 2.05) is 0 Å². The summed E-state index contributed by atoms with van der Waals surface area (Å²) in [6, 6.07) is 3.90. The maximum atomic E-state index is 12.6. The van der Waals surface area contributed by atoms with Crippen LogP contribution in [0, 0.1) is 0 Å². The van der Waals surface area contributed by atoms with Gasteiger partial charge >= 0.3 is 0 Å². The number of carbonyl (C=O) groups excluding carboxylic acids is 1. The van der Waals surface area contributed by atoms with E-state index >= 15 is 0 Å². The van der Waals surface area contributed by atoms with Crippen LogP contribution in [-0.4, -0.2) is 95.2 Å². The first-order valence-corrected chi connectivity index (χ1v) is 10.0. The van der Waals surface area contributed by atoms with Crippen molar-refractivity contribution in [2.45, 2.75) is 42.9 Å². The number of aliphatic hydroxyl groups excluding tert-OH is 5. The highest BCUT2D eigenvalue weighted by atomic mass is 16.7. The van der Waals surface area contributed by atoms with Crippen molar-refractivity contribution in [2.24, 2.45) is 0 Å². The van der Waals surface area contributed by atoms with E-state index in [-0.39, 0.29) is 16.9 Å². The molecule has 0 radical (unpaired) electrons. The second-order valence-electron chi connectivity index (χ2n) is 7.89. The Balaban J connectivity index is 1.62. The summed E-state index contributed by atoms with van der Waals surface area (Å²) >= 11 is 0. The van der Waals surface area contributed by atoms with E-state index in [1.165, 1.54) is 0 Å². The zero-order chi connectivity index (χ0) is 24.9. The van der Waals surface area contributed by atoms with Gasteiger partial charge in [0.2, 0.25) is 17.8 Å². The van der Waals surface area contributed by atoms with E-state index in [1.54, 1.807) is 0 Å². The number of ketones is 1. The Labute approximate surface area is 190 Å². The van der Waals surface area contributed by atoms with Gasteiger partial charge in [-0.05, 0) is 12.1 Å². The van der Waals surface area contributed by atoms with Gasteiger partial charge in [0.1, 0.15) is 47.2 Å². The van der Waals surface area contributed by atoms with Crippen molar-refractivity contribution in [3.8, 4) is 34.5 Å². The van der Waals surface area contributed by atoms with Crippen LogP contribution in [0.1, 0.15) is 22.0 Å². The van der Waals surface area contributed by atoms with E-state index in [4.69, 9.17) is 14.2 Å². The van der Waals surface area contributed by atoms with Crippen molar-refractivity contribution in [1.29, 1.82) is 0 Å². The van der Waals surface area contributed by atoms with Crippen LogP contribution in [0.4, 0.5) is 0 Å². The molecule has 2 aromatic carbocycles. The minimum atomic E-state index is -1.85. The Morgan fingerprint density at radius 2 is 1.50 bits per heavy atom. The summed E-state index contributed by atoms with van der Waals surface area (Å²) in [5.41, 5.74) is -0.442. The number of aliphatic hydroxyl groups is 5. The van der Waals surface area contributed by atoms with Crippen LogP contribution >= 0.6 is 0 Å². The zero-order valence-electron chi connectivity index (χ0n) is 17.2. The fraction of sp³-hybridized carbons (Fsp3) is 0.381. The van der Waals surface area contributed by atoms with Gasteiger partial charge in [0.15, 0.2) is 23.7 Å². The van der Waals surface area contributed by atoms with Gasteiger partial charge < -0.3 is 60.2 Å². The van der Waals surface area contributed by atoms with Crippen molar-refractivity contribution in [1.82, 2.24) is 0 Å². The Morgan fingerprint density at radius 1 is 0.853 bits per heavy atom. The highest BCUT2D eigenvalue weighted by Crippen LogP contribution is 2.45. The molecule has 2 heterocycles. The molecule has 0 amide bonds. The maximum Gasteiger partial charge on any atom is 0.229 e. The first-order chi connectivity index (χ1) is 16.0. The molecule has 4 rings (SSSR count). The van der Waals surface area contributed by atoms with Crippen LogP contribution in [-0.2, 0) is 4.74 Å². The van der Waals surface area contributed by atoms with Gasteiger partial charge in [-0.3, -0.25) is 4.79 Å². The molecule has 0 bridgehead atoms. The highest BCUT2D eigenvalue weighted by Gasteiger charge is 2.45. The Bertz CT molecular complexity index is 1080. The molecule has 0 spiro atoms. The van der Waals surface area contributed by atoms with Crippen molar-refractivity contribution < 1.29 is 65.0 Å². The Morgan fingerprint density at radius 3 is 2.12 bits per heavy atom. The van der Waals surface area contributed by atoms with Crippen LogP contribution in [0.3, 0.4) is 0 Å². The molecule has 0 unspecified atom stereocenters. The minimum Gasteiger partial charge on any atom is -0.508 e. The molecule has 0 aromatic heterocycles. The van der Waals surface area contributed by atoms with Crippen molar-refractivity contribution in [2.75, 3.05) is 6.61 Å². The normalized spacial score (nSPS) is 31.0. The van der Waals surface area contributed by atoms with Gasteiger partial charge in [-0.25, -0.2) is 0 Å². The molecule has 0 aliphatic carbocycles. The molecule has 9 N–H and O–H groups in total. The van der Waals surface area contributed by atoms with Gasteiger partial charge in [0.05, 0.1) is 6.61 Å². The lowest BCUT2D eigenvalue weighted by atomic mass is 9.92. The summed E-state index contributed by atoms with van der Waals surface area (Å²) in [6.07, 6.45) is -11.5. The van der Waals surface area contributed by atoms with E-state index in [2.05, 4.69) is 0 Å². The summed E-state index contributed by atoms with van der Waals surface area (Å²) in [5.74, 6) is -4.26. The molecule has 2 aliphatic heterocycles. The smallest absolute Gasteiger partial charge is 0.229 e. The van der Waals surface area contributed by atoms with E-state index in [0.29, 0.717) is 0 Å². The lowest BCUT2D eigenvalue weighted by Gasteiger charge is -2.39. The number of benzene rings is 2. The lowest BCUT2D eigenvalue weighted by molar-refractivity contribution is -0.277. The summed E-state index contributed by atoms with van der Waals surface area (Å²) in [4.78, 5) is 12.6. The van der Waals surface area contributed by atoms with Gasteiger partial charge in [-0.1, -0.05) is 0 Å². The minimum absolute atomic E-state index is 0.0921. The quantitative estimate of drug-likeness (QED) is 0.239. The second kappa shape index (κ2) is 8.79. The predicted molar refractivity (Wildman–Crippen MR) is 108 cm³/mol. The molecule has 2 aliphatic rings. The number of hydrogen-bond acceptors (Lipinski definition) is 13. The standard InChI is InChI=1S/C21H22O13/c22-5-12-14(27)16(29)18(31)21(33-12)34-20-9(25)1-6(2-10(20)26)19-17(30)15(28)13-8(24)3-7(23)4-11(13)32-19/h1-4,12,14,16-19,21-27,29-31H,5H2/t12-,14-,16+,17+,18-,19-,21-/m1/s1. The van der Waals surface area contributed by atoms with Crippen LogP contribution < -0.4 is 9.47 Å². The van der Waals surface area contributed by atoms with Crippen LogP contribution in [0.2, 0.25) is 0 Å². The molecule has 0 saturated carbocycles. The monoisotopic (exact) mass is 482 g/mol. The van der Waals surface area contributed by atoms with Crippen molar-refractivity contribution >= 4 is 5.78 Å². The molecule has 13 heteroatoms. The molecule has 184 valence electrons. The Kier molecular flexibility index (Phi) is 6.16. The van der Waals surface area contributed by atoms with Gasteiger partial charge in [0, 0.05) is 17.7 Å². The fourth-order valence-corrected chi connectivity index (χ4v) is 3.85. The summed E-state index contributed by atoms with van der Waals surface area (Å²) in [6.45, 7) is -0.723. The summed E-state index contributed by atoms with van der Waals surface area (Å²) in [5, 5.41) is 89.9. The van der Waals surface area contributed by atoms with Crippen molar-refractivity contribution in [3.63, 3.8) is 0 Å². The van der Waals surface area contributed by atoms with E-state index in [9.17, 15) is 50.8 Å². The number of Topliss-reactive ketones (excluding diaryl/α,β-unsaturated/α-hetero) is 1. The topological polar surface area (TPSA) is 227 Å². The highest BCUT2D eigenvalue weighted by molar-refractivity contribution is 6.05. The largest absolute Gasteiger partial charge is 0.508 e. The molecular weight excluding hydrogens is 460 g/mol. The predicted octanol–water partition coefficient (Wildman–Crippen LogP) is -1.64. The fourth-order valence-electron chi connectivity index (χ4n) is 3.85. The van der Waals surface area contributed by atoms with Gasteiger partial charge in [-0.15, -0.1) is 0 Å². The SMILES string of the molecule is O=C1c2c(O)cc(O)cc2O[C@H](c2cc(O)c(O[C@H]3O[C@H](CO)[C@@H](O)[C@H](O)[C@H]3O)c(O)c2)[C@H]1O. The number of fused-ring (bicyclic) bond motifs is 1. The number of hydrogen-bond donors (Lipinski definition) is 9.